The number of non-ortho nitro benzene ring substituents is 1. The Labute approximate surface area is 161 Å². The molecule has 7 nitrogen and oxygen atoms in total. The molecule has 0 saturated heterocycles. The van der Waals surface area contributed by atoms with E-state index in [1.165, 1.54) is 43.5 Å². The van der Waals surface area contributed by atoms with Crippen molar-refractivity contribution < 1.29 is 24.3 Å². The van der Waals surface area contributed by atoms with E-state index in [-0.39, 0.29) is 22.7 Å². The van der Waals surface area contributed by atoms with Gasteiger partial charge in [-0.3, -0.25) is 14.9 Å². The number of ether oxygens (including phenoxy) is 2. The minimum absolute atomic E-state index is 0.0207. The van der Waals surface area contributed by atoms with Crippen molar-refractivity contribution in [1.29, 1.82) is 0 Å². The quantitative estimate of drug-likeness (QED) is 0.357. The van der Waals surface area contributed by atoms with E-state index >= 15 is 0 Å². The van der Waals surface area contributed by atoms with Crippen LogP contribution in [0.4, 0.5) is 5.69 Å². The fourth-order valence-corrected chi connectivity index (χ4v) is 2.85. The van der Waals surface area contributed by atoms with Gasteiger partial charge in [0.25, 0.3) is 5.69 Å². The highest BCUT2D eigenvalue weighted by atomic mass is 16.6. The summed E-state index contributed by atoms with van der Waals surface area (Å²) in [5.74, 6) is -0.0633. The second kappa shape index (κ2) is 7.19. The Hall–Kier alpha value is -3.61. The summed E-state index contributed by atoms with van der Waals surface area (Å²) in [5, 5.41) is 21.3. The number of carbonyl (C=O) groups excluding carboxylic acids is 1. The number of rotatable bonds is 5. The Morgan fingerprint density at radius 2 is 1.96 bits per heavy atom. The third-order valence-corrected chi connectivity index (χ3v) is 4.29. The van der Waals surface area contributed by atoms with Gasteiger partial charge in [0.2, 0.25) is 0 Å². The number of hydrogen-bond donors (Lipinski definition) is 1. The van der Waals surface area contributed by atoms with Crippen LogP contribution in [0.3, 0.4) is 0 Å². The summed E-state index contributed by atoms with van der Waals surface area (Å²) in [5.41, 5.74) is 0.471. The van der Waals surface area contributed by atoms with Crippen LogP contribution in [0.5, 0.6) is 17.2 Å². The molecule has 28 heavy (non-hydrogen) atoms. The number of nitro groups is 1. The predicted molar refractivity (Wildman–Crippen MR) is 105 cm³/mol. The van der Waals surface area contributed by atoms with Gasteiger partial charge in [-0.25, -0.2) is 0 Å². The van der Waals surface area contributed by atoms with Crippen molar-refractivity contribution in [3.05, 3.63) is 69.3 Å². The van der Waals surface area contributed by atoms with Crippen LogP contribution in [0.1, 0.15) is 35.3 Å². The summed E-state index contributed by atoms with van der Waals surface area (Å²) in [4.78, 5) is 22.9. The molecule has 1 N–H and O–H groups in total. The molecule has 0 atom stereocenters. The largest absolute Gasteiger partial charge is 0.506 e. The number of fused-ring (bicyclic) bond motifs is 1. The average Bonchev–Trinajstić information content (AvgIpc) is 2.65. The minimum atomic E-state index is -0.536. The van der Waals surface area contributed by atoms with E-state index in [0.717, 1.165) is 0 Å². The van der Waals surface area contributed by atoms with Crippen LogP contribution in [-0.2, 0) is 0 Å². The van der Waals surface area contributed by atoms with Crippen LogP contribution < -0.4 is 9.47 Å². The molecule has 0 saturated carbocycles. The molecule has 1 aliphatic heterocycles. The third kappa shape index (κ3) is 3.73. The number of phenols is 1. The van der Waals surface area contributed by atoms with E-state index in [4.69, 9.17) is 9.47 Å². The van der Waals surface area contributed by atoms with E-state index in [0.29, 0.717) is 16.9 Å². The van der Waals surface area contributed by atoms with E-state index < -0.39 is 16.3 Å². The van der Waals surface area contributed by atoms with Crippen molar-refractivity contribution in [2.45, 2.75) is 19.4 Å². The lowest BCUT2D eigenvalue weighted by Crippen LogP contribution is -2.27. The number of allylic oxidation sites excluding steroid dienone is 1. The van der Waals surface area contributed by atoms with Gasteiger partial charge in [-0.05, 0) is 49.8 Å². The zero-order valence-corrected chi connectivity index (χ0v) is 15.6. The second-order valence-corrected chi connectivity index (χ2v) is 6.80. The minimum Gasteiger partial charge on any atom is -0.506 e. The summed E-state index contributed by atoms with van der Waals surface area (Å²) < 4.78 is 11.1. The summed E-state index contributed by atoms with van der Waals surface area (Å²) in [6.45, 7) is 3.75. The maximum Gasteiger partial charge on any atom is 0.269 e. The fourth-order valence-electron chi connectivity index (χ4n) is 2.85. The molecule has 144 valence electrons. The molecule has 0 spiro atoms. The fraction of sp³-hybridized carbons (Fsp3) is 0.190. The number of aromatic hydroxyl groups is 1. The molecular weight excluding hydrogens is 362 g/mol. The molecule has 0 aromatic heterocycles. The van der Waals surface area contributed by atoms with Gasteiger partial charge in [0.05, 0.1) is 17.6 Å². The average molecular weight is 381 g/mol. The topological polar surface area (TPSA) is 98.9 Å². The molecular formula is C21H19NO6. The number of carbonyl (C=O) groups is 1. The SMILES string of the molecule is COc1cc2c(c(O)c1C(=O)/C=C/c1ccc([N+](=O)[O-])cc1)C=CC(C)(C)O2. The van der Waals surface area contributed by atoms with E-state index in [1.807, 2.05) is 13.8 Å². The highest BCUT2D eigenvalue weighted by Crippen LogP contribution is 2.43. The van der Waals surface area contributed by atoms with Crippen molar-refractivity contribution in [2.75, 3.05) is 7.11 Å². The van der Waals surface area contributed by atoms with Crippen molar-refractivity contribution in [3.63, 3.8) is 0 Å². The molecule has 2 aromatic rings. The van der Waals surface area contributed by atoms with Crippen LogP contribution in [0.25, 0.3) is 12.2 Å². The molecule has 0 unspecified atom stereocenters. The van der Waals surface area contributed by atoms with Crippen molar-refractivity contribution >= 4 is 23.6 Å². The summed E-state index contributed by atoms with van der Waals surface area (Å²) >= 11 is 0. The molecule has 1 aliphatic rings. The Morgan fingerprint density at radius 3 is 2.57 bits per heavy atom. The highest BCUT2D eigenvalue weighted by molar-refractivity contribution is 6.11. The summed E-state index contributed by atoms with van der Waals surface area (Å²) in [7, 11) is 1.40. The summed E-state index contributed by atoms with van der Waals surface area (Å²) in [6, 6.07) is 7.35. The first-order valence-corrected chi connectivity index (χ1v) is 8.51. The van der Waals surface area contributed by atoms with Crippen LogP contribution in [0, 0.1) is 10.1 Å². The van der Waals surface area contributed by atoms with Crippen molar-refractivity contribution in [2.24, 2.45) is 0 Å². The van der Waals surface area contributed by atoms with Gasteiger partial charge < -0.3 is 14.6 Å². The smallest absolute Gasteiger partial charge is 0.269 e. The van der Waals surface area contributed by atoms with Crippen molar-refractivity contribution in [1.82, 2.24) is 0 Å². The zero-order valence-electron chi connectivity index (χ0n) is 15.6. The number of nitro benzene ring substituents is 1. The molecule has 7 heteroatoms. The number of methoxy groups -OCH3 is 1. The number of hydrogen-bond acceptors (Lipinski definition) is 6. The van der Waals surface area contributed by atoms with Crippen LogP contribution in [-0.4, -0.2) is 28.5 Å². The number of benzene rings is 2. The highest BCUT2D eigenvalue weighted by Gasteiger charge is 2.28. The van der Waals surface area contributed by atoms with Gasteiger partial charge in [0.1, 0.15) is 28.4 Å². The Balaban J connectivity index is 1.94. The predicted octanol–water partition coefficient (Wildman–Crippen LogP) is 4.39. The van der Waals surface area contributed by atoms with Gasteiger partial charge in [0, 0.05) is 18.2 Å². The number of phenolic OH excluding ortho intramolecular Hbond substituents is 1. The van der Waals surface area contributed by atoms with Gasteiger partial charge in [0.15, 0.2) is 5.78 Å². The van der Waals surface area contributed by atoms with E-state index in [2.05, 4.69) is 0 Å². The van der Waals surface area contributed by atoms with Crippen LogP contribution in [0.2, 0.25) is 0 Å². The van der Waals surface area contributed by atoms with Gasteiger partial charge in [-0.1, -0.05) is 6.08 Å². The van der Waals surface area contributed by atoms with Gasteiger partial charge in [-0.15, -0.1) is 0 Å². The first-order valence-electron chi connectivity index (χ1n) is 8.51. The lowest BCUT2D eigenvalue weighted by Gasteiger charge is -2.29. The number of nitrogens with zero attached hydrogens (tertiary/aromatic N) is 1. The molecule has 0 amide bonds. The molecule has 1 heterocycles. The monoisotopic (exact) mass is 381 g/mol. The molecule has 0 fully saturated rings. The molecule has 3 rings (SSSR count). The lowest BCUT2D eigenvalue weighted by molar-refractivity contribution is -0.384. The molecule has 0 bridgehead atoms. The van der Waals surface area contributed by atoms with Gasteiger partial charge >= 0.3 is 0 Å². The van der Waals surface area contributed by atoms with E-state index in [1.54, 1.807) is 18.2 Å². The number of ketones is 1. The van der Waals surface area contributed by atoms with Gasteiger partial charge in [-0.2, -0.15) is 0 Å². The third-order valence-electron chi connectivity index (χ3n) is 4.29. The van der Waals surface area contributed by atoms with E-state index in [9.17, 15) is 20.0 Å². The first kappa shape index (κ1) is 19.2. The zero-order chi connectivity index (χ0) is 20.5. The lowest BCUT2D eigenvalue weighted by atomic mass is 9.97. The molecule has 0 radical (unpaired) electrons. The molecule has 0 aliphatic carbocycles. The maximum atomic E-state index is 12.7. The Bertz CT molecular complexity index is 1000. The molecule has 2 aromatic carbocycles. The summed E-state index contributed by atoms with van der Waals surface area (Å²) in [6.07, 6.45) is 6.30. The van der Waals surface area contributed by atoms with Crippen LogP contribution in [0.15, 0.2) is 42.5 Å². The maximum absolute atomic E-state index is 12.7. The van der Waals surface area contributed by atoms with Crippen molar-refractivity contribution in [3.8, 4) is 17.2 Å². The Kier molecular flexibility index (Phi) is 4.92. The standard InChI is InChI=1S/C21H19NO6/c1-21(2)11-10-15-17(28-21)12-18(27-3)19(20(15)24)16(23)9-6-13-4-7-14(8-5-13)22(25)26/h4-12,24H,1-3H3/b9-6+. The Morgan fingerprint density at radius 1 is 1.29 bits per heavy atom. The second-order valence-electron chi connectivity index (χ2n) is 6.80. The van der Waals surface area contributed by atoms with Crippen LogP contribution >= 0.6 is 0 Å². The first-order chi connectivity index (χ1) is 13.2. The normalized spacial score (nSPS) is 14.4.